The van der Waals surface area contributed by atoms with Crippen molar-refractivity contribution >= 4 is 17.7 Å². The summed E-state index contributed by atoms with van der Waals surface area (Å²) in [6.45, 7) is 6.36. The van der Waals surface area contributed by atoms with E-state index in [-0.39, 0.29) is 5.91 Å². The summed E-state index contributed by atoms with van der Waals surface area (Å²) in [5.74, 6) is 1.27. The van der Waals surface area contributed by atoms with Crippen LogP contribution in [0, 0.1) is 6.92 Å². The SMILES string of the molecule is Cc1cccc(-n2c(SCC(=O)N3[C@H](C)CCC[C@H]3C)nnc2-c2ccncc2)c1. The third-order valence-corrected chi connectivity index (χ3v) is 6.55. The summed E-state index contributed by atoms with van der Waals surface area (Å²) < 4.78 is 2.03. The van der Waals surface area contributed by atoms with Crippen molar-refractivity contribution in [2.75, 3.05) is 5.75 Å². The molecule has 3 aromatic rings. The molecule has 0 saturated carbocycles. The number of aryl methyl sites for hydroxylation is 1. The molecule has 6 nitrogen and oxygen atoms in total. The molecule has 3 heterocycles. The van der Waals surface area contributed by atoms with Crippen molar-refractivity contribution in [2.45, 2.75) is 57.3 Å². The second-order valence-electron chi connectivity index (χ2n) is 7.94. The van der Waals surface area contributed by atoms with Gasteiger partial charge in [0.25, 0.3) is 0 Å². The lowest BCUT2D eigenvalue weighted by atomic mass is 9.98. The Balaban J connectivity index is 1.63. The highest BCUT2D eigenvalue weighted by Crippen LogP contribution is 2.29. The predicted molar refractivity (Wildman–Crippen MR) is 120 cm³/mol. The van der Waals surface area contributed by atoms with E-state index in [1.54, 1.807) is 12.4 Å². The van der Waals surface area contributed by atoms with Crippen LogP contribution in [0.1, 0.15) is 38.7 Å². The second-order valence-corrected chi connectivity index (χ2v) is 8.88. The van der Waals surface area contributed by atoms with Gasteiger partial charge in [-0.1, -0.05) is 23.9 Å². The number of aromatic nitrogens is 4. The first-order valence-corrected chi connectivity index (χ1v) is 11.4. The lowest BCUT2D eigenvalue weighted by Crippen LogP contribution is -2.48. The third kappa shape index (κ3) is 4.26. The molecule has 1 amide bonds. The average molecular weight is 422 g/mol. The van der Waals surface area contributed by atoms with Crippen LogP contribution in [0.25, 0.3) is 17.1 Å². The van der Waals surface area contributed by atoms with Crippen LogP contribution in [-0.4, -0.2) is 48.4 Å². The third-order valence-electron chi connectivity index (χ3n) is 5.64. The molecule has 4 rings (SSSR count). The highest BCUT2D eigenvalue weighted by molar-refractivity contribution is 7.99. The predicted octanol–water partition coefficient (Wildman–Crippen LogP) is 4.52. The molecule has 7 heteroatoms. The van der Waals surface area contributed by atoms with Gasteiger partial charge in [-0.15, -0.1) is 10.2 Å². The molecule has 0 spiro atoms. The van der Waals surface area contributed by atoms with Crippen molar-refractivity contribution in [2.24, 2.45) is 0 Å². The summed E-state index contributed by atoms with van der Waals surface area (Å²) >= 11 is 1.45. The molecule has 156 valence electrons. The van der Waals surface area contributed by atoms with Crippen LogP contribution in [0.5, 0.6) is 0 Å². The van der Waals surface area contributed by atoms with Crippen molar-refractivity contribution in [3.8, 4) is 17.1 Å². The number of likely N-dealkylation sites (tertiary alicyclic amines) is 1. The molecule has 1 aliphatic rings. The molecule has 2 aromatic heterocycles. The van der Waals surface area contributed by atoms with E-state index in [1.165, 1.54) is 18.2 Å². The molecule has 2 atom stereocenters. The summed E-state index contributed by atoms with van der Waals surface area (Å²) in [5.41, 5.74) is 3.08. The fourth-order valence-corrected chi connectivity index (χ4v) is 4.99. The first-order chi connectivity index (χ1) is 14.5. The molecule has 1 aromatic carbocycles. The highest BCUT2D eigenvalue weighted by atomic mass is 32.2. The molecule has 1 aliphatic heterocycles. The van der Waals surface area contributed by atoms with Gasteiger partial charge in [0.05, 0.1) is 5.75 Å². The number of amides is 1. The van der Waals surface area contributed by atoms with Gasteiger partial charge in [0.15, 0.2) is 11.0 Å². The number of carbonyl (C=O) groups excluding carboxylic acids is 1. The van der Waals surface area contributed by atoms with Crippen LogP contribution in [0.15, 0.2) is 53.9 Å². The summed E-state index contributed by atoms with van der Waals surface area (Å²) in [7, 11) is 0. The van der Waals surface area contributed by atoms with Crippen LogP contribution in [0.4, 0.5) is 0 Å². The first-order valence-electron chi connectivity index (χ1n) is 10.4. The molecule has 1 fully saturated rings. The minimum Gasteiger partial charge on any atom is -0.337 e. The fraction of sp³-hybridized carbons (Fsp3) is 0.391. The van der Waals surface area contributed by atoms with Gasteiger partial charge in [-0.3, -0.25) is 14.3 Å². The summed E-state index contributed by atoms with van der Waals surface area (Å²) in [5, 5.41) is 9.61. The first kappa shape index (κ1) is 20.6. The normalized spacial score (nSPS) is 19.1. The van der Waals surface area contributed by atoms with Crippen molar-refractivity contribution in [3.05, 3.63) is 54.4 Å². The van der Waals surface area contributed by atoms with Crippen molar-refractivity contribution in [3.63, 3.8) is 0 Å². The Kier molecular flexibility index (Phi) is 6.18. The number of rotatable bonds is 5. The zero-order valence-electron chi connectivity index (χ0n) is 17.7. The Morgan fingerprint density at radius 1 is 1.10 bits per heavy atom. The van der Waals surface area contributed by atoms with Crippen molar-refractivity contribution in [1.82, 2.24) is 24.6 Å². The molecule has 0 N–H and O–H groups in total. The van der Waals surface area contributed by atoms with Crippen LogP contribution in [-0.2, 0) is 4.79 Å². The van der Waals surface area contributed by atoms with E-state index >= 15 is 0 Å². The Hall–Kier alpha value is -2.67. The van der Waals surface area contributed by atoms with Gasteiger partial charge in [-0.2, -0.15) is 0 Å². The van der Waals surface area contributed by atoms with E-state index in [0.29, 0.717) is 17.8 Å². The molecular weight excluding hydrogens is 394 g/mol. The minimum atomic E-state index is 0.170. The van der Waals surface area contributed by atoms with Crippen LogP contribution in [0.3, 0.4) is 0 Å². The Morgan fingerprint density at radius 2 is 1.83 bits per heavy atom. The largest absolute Gasteiger partial charge is 0.337 e. The van der Waals surface area contributed by atoms with E-state index in [4.69, 9.17) is 0 Å². The zero-order valence-corrected chi connectivity index (χ0v) is 18.5. The molecule has 0 unspecified atom stereocenters. The zero-order chi connectivity index (χ0) is 21.1. The molecule has 0 aliphatic carbocycles. The number of thioether (sulfide) groups is 1. The Morgan fingerprint density at radius 3 is 2.53 bits per heavy atom. The number of piperidine rings is 1. The van der Waals surface area contributed by atoms with Gasteiger partial charge in [-0.05, 0) is 69.9 Å². The number of pyridine rings is 1. The van der Waals surface area contributed by atoms with Crippen LogP contribution >= 0.6 is 11.8 Å². The van der Waals surface area contributed by atoms with Gasteiger partial charge in [0.2, 0.25) is 5.91 Å². The lowest BCUT2D eigenvalue weighted by Gasteiger charge is -2.39. The number of hydrogen-bond acceptors (Lipinski definition) is 5. The van der Waals surface area contributed by atoms with Gasteiger partial charge in [-0.25, -0.2) is 0 Å². The van der Waals surface area contributed by atoms with Crippen molar-refractivity contribution in [1.29, 1.82) is 0 Å². The van der Waals surface area contributed by atoms with Gasteiger partial charge in [0.1, 0.15) is 0 Å². The topological polar surface area (TPSA) is 63.9 Å². The second kappa shape index (κ2) is 9.00. The Labute approximate surface area is 181 Å². The number of hydrogen-bond donors (Lipinski definition) is 0. The van der Waals surface area contributed by atoms with Gasteiger partial charge >= 0.3 is 0 Å². The van der Waals surface area contributed by atoms with Gasteiger partial charge < -0.3 is 4.90 Å². The fourth-order valence-electron chi connectivity index (χ4n) is 4.16. The molecule has 1 saturated heterocycles. The molecule has 30 heavy (non-hydrogen) atoms. The number of carbonyl (C=O) groups is 1. The van der Waals surface area contributed by atoms with Gasteiger partial charge in [0, 0.05) is 35.7 Å². The van der Waals surface area contributed by atoms with Crippen molar-refractivity contribution < 1.29 is 4.79 Å². The maximum atomic E-state index is 13.0. The van der Waals surface area contributed by atoms with E-state index < -0.39 is 0 Å². The average Bonchev–Trinajstić information content (AvgIpc) is 3.17. The van der Waals surface area contributed by atoms with Crippen LogP contribution < -0.4 is 0 Å². The standard InChI is InChI=1S/C23H27N5OS/c1-16-6-4-9-20(14-16)28-22(19-10-12-24-13-11-19)25-26-23(28)30-15-21(29)27-17(2)7-5-8-18(27)3/h4,6,9-14,17-18H,5,7-8,15H2,1-3H3/t17-,18-/m1/s1. The lowest BCUT2D eigenvalue weighted by molar-refractivity contribution is -0.134. The monoisotopic (exact) mass is 421 g/mol. The highest BCUT2D eigenvalue weighted by Gasteiger charge is 2.29. The van der Waals surface area contributed by atoms with E-state index in [0.717, 1.165) is 40.6 Å². The Bertz CT molecular complexity index is 1010. The molecular formula is C23H27N5OS. The summed E-state index contributed by atoms with van der Waals surface area (Å²) in [6.07, 6.45) is 6.84. The smallest absolute Gasteiger partial charge is 0.233 e. The van der Waals surface area contributed by atoms with Crippen LogP contribution in [0.2, 0.25) is 0 Å². The minimum absolute atomic E-state index is 0.170. The van der Waals surface area contributed by atoms with E-state index in [1.807, 2.05) is 33.7 Å². The molecule has 0 bridgehead atoms. The maximum absolute atomic E-state index is 13.0. The number of nitrogens with zero attached hydrogens (tertiary/aromatic N) is 5. The molecule has 0 radical (unpaired) electrons. The summed E-state index contributed by atoms with van der Waals surface area (Å²) in [4.78, 5) is 19.2. The summed E-state index contributed by atoms with van der Waals surface area (Å²) in [6, 6.07) is 12.7. The van der Waals surface area contributed by atoms with E-state index in [2.05, 4.69) is 48.1 Å². The quantitative estimate of drug-likeness (QED) is 0.567. The maximum Gasteiger partial charge on any atom is 0.233 e. The van der Waals surface area contributed by atoms with E-state index in [9.17, 15) is 4.79 Å². The number of benzene rings is 1.